The van der Waals surface area contributed by atoms with Crippen LogP contribution in [-0.2, 0) is 4.74 Å². The van der Waals surface area contributed by atoms with Crippen molar-refractivity contribution in [1.82, 2.24) is 9.97 Å². The Kier molecular flexibility index (Phi) is 4.76. The number of pyridine rings is 2. The van der Waals surface area contributed by atoms with Crippen LogP contribution >= 0.6 is 0 Å². The summed E-state index contributed by atoms with van der Waals surface area (Å²) < 4.78 is 5.05. The van der Waals surface area contributed by atoms with Crippen molar-refractivity contribution >= 4 is 22.3 Å². The quantitative estimate of drug-likeness (QED) is 0.533. The van der Waals surface area contributed by atoms with Crippen LogP contribution in [0.3, 0.4) is 0 Å². The van der Waals surface area contributed by atoms with E-state index in [0.29, 0.717) is 16.9 Å². The molecule has 3 aromatic rings. The molecule has 0 saturated heterocycles. The van der Waals surface area contributed by atoms with E-state index in [1.807, 2.05) is 24.3 Å². The first-order chi connectivity index (χ1) is 11.8. The fraction of sp³-hybridized carbons (Fsp3) is 0.111. The van der Waals surface area contributed by atoms with Gasteiger partial charge in [0.05, 0.1) is 17.2 Å². The highest BCUT2D eigenvalue weighted by molar-refractivity contribution is 5.88. The van der Waals surface area contributed by atoms with E-state index in [1.54, 1.807) is 43.6 Å². The molecule has 1 aromatic carbocycles. The number of fused-ring (bicyclic) bond motifs is 1. The van der Waals surface area contributed by atoms with Crippen molar-refractivity contribution in [3.63, 3.8) is 0 Å². The van der Waals surface area contributed by atoms with Crippen molar-refractivity contribution in [3.8, 4) is 0 Å². The highest BCUT2D eigenvalue weighted by Gasteiger charge is 2.06. The molecule has 2 aromatic heterocycles. The largest absolute Gasteiger partial charge is 0.612 e. The SMILES string of the molecule is CCOC([O-])=C(N=Nc1cccc2cccnc12)c1ccccn1. The molecule has 0 N–H and O–H groups in total. The maximum absolute atomic E-state index is 12.2. The van der Waals surface area contributed by atoms with E-state index in [-0.39, 0.29) is 12.3 Å². The Morgan fingerprint density at radius 1 is 1.04 bits per heavy atom. The fourth-order valence-electron chi connectivity index (χ4n) is 2.17. The topological polar surface area (TPSA) is 82.8 Å². The van der Waals surface area contributed by atoms with Gasteiger partial charge in [-0.05, 0) is 30.9 Å². The van der Waals surface area contributed by atoms with Crippen LogP contribution in [0.2, 0.25) is 0 Å². The third-order valence-electron chi connectivity index (χ3n) is 3.25. The summed E-state index contributed by atoms with van der Waals surface area (Å²) in [5, 5.41) is 21.4. The lowest BCUT2D eigenvalue weighted by Crippen LogP contribution is -2.11. The number of rotatable bonds is 5. The molecule has 3 rings (SSSR count). The summed E-state index contributed by atoms with van der Waals surface area (Å²) in [6, 6.07) is 14.6. The van der Waals surface area contributed by atoms with Gasteiger partial charge >= 0.3 is 0 Å². The predicted octanol–water partition coefficient (Wildman–Crippen LogP) is 3.44. The van der Waals surface area contributed by atoms with Gasteiger partial charge in [0.25, 0.3) is 0 Å². The molecule has 0 bridgehead atoms. The zero-order valence-corrected chi connectivity index (χ0v) is 13.1. The number of ether oxygens (including phenoxy) is 1. The highest BCUT2D eigenvalue weighted by Crippen LogP contribution is 2.26. The Hall–Kier alpha value is -3.28. The number of hydrogen-bond acceptors (Lipinski definition) is 6. The van der Waals surface area contributed by atoms with Crippen LogP contribution < -0.4 is 5.11 Å². The first-order valence-corrected chi connectivity index (χ1v) is 7.50. The van der Waals surface area contributed by atoms with Gasteiger partial charge in [0.15, 0.2) is 0 Å². The molecule has 0 spiro atoms. The molecule has 2 heterocycles. The van der Waals surface area contributed by atoms with Crippen LogP contribution in [0.25, 0.3) is 16.6 Å². The Morgan fingerprint density at radius 3 is 2.67 bits per heavy atom. The van der Waals surface area contributed by atoms with E-state index in [1.165, 1.54) is 0 Å². The molecule has 0 amide bonds. The minimum atomic E-state index is -0.562. The minimum Gasteiger partial charge on any atom is -0.612 e. The molecule has 24 heavy (non-hydrogen) atoms. The summed E-state index contributed by atoms with van der Waals surface area (Å²) in [6.45, 7) is 1.99. The van der Waals surface area contributed by atoms with Crippen LogP contribution in [0.5, 0.6) is 0 Å². The molecule has 6 heteroatoms. The Balaban J connectivity index is 2.04. The lowest BCUT2D eigenvalue weighted by Gasteiger charge is -2.15. The molecular formula is C18H15N4O2-. The summed E-state index contributed by atoms with van der Waals surface area (Å²) in [6.07, 6.45) is 3.28. The van der Waals surface area contributed by atoms with Crippen molar-refractivity contribution in [2.24, 2.45) is 10.2 Å². The van der Waals surface area contributed by atoms with Crippen LogP contribution in [0, 0.1) is 0 Å². The van der Waals surface area contributed by atoms with Gasteiger partial charge in [-0.2, -0.15) is 0 Å². The predicted molar refractivity (Wildman–Crippen MR) is 89.0 cm³/mol. The maximum Gasteiger partial charge on any atom is 0.133 e. The van der Waals surface area contributed by atoms with Crippen molar-refractivity contribution < 1.29 is 9.84 Å². The average Bonchev–Trinajstić information content (AvgIpc) is 2.63. The summed E-state index contributed by atoms with van der Waals surface area (Å²) in [5.74, 6) is -0.562. The van der Waals surface area contributed by atoms with E-state index >= 15 is 0 Å². The molecule has 0 fully saturated rings. The van der Waals surface area contributed by atoms with Gasteiger partial charge in [-0.1, -0.05) is 31.2 Å². The maximum atomic E-state index is 12.2. The summed E-state index contributed by atoms with van der Waals surface area (Å²) in [7, 11) is 0. The molecule has 0 atom stereocenters. The first-order valence-electron chi connectivity index (χ1n) is 7.50. The molecule has 0 radical (unpaired) electrons. The van der Waals surface area contributed by atoms with E-state index < -0.39 is 5.95 Å². The van der Waals surface area contributed by atoms with E-state index in [9.17, 15) is 5.11 Å². The third kappa shape index (κ3) is 3.38. The summed E-state index contributed by atoms with van der Waals surface area (Å²) in [5.41, 5.74) is 1.76. The van der Waals surface area contributed by atoms with E-state index in [0.717, 1.165) is 5.39 Å². The monoisotopic (exact) mass is 319 g/mol. The molecule has 6 nitrogen and oxygen atoms in total. The number of benzene rings is 1. The van der Waals surface area contributed by atoms with Crippen molar-refractivity contribution in [1.29, 1.82) is 0 Å². The Labute approximate surface area is 139 Å². The molecular weight excluding hydrogens is 304 g/mol. The van der Waals surface area contributed by atoms with Gasteiger partial charge in [0.1, 0.15) is 11.4 Å². The molecule has 0 aliphatic heterocycles. The second kappa shape index (κ2) is 7.32. The van der Waals surface area contributed by atoms with Gasteiger partial charge in [0.2, 0.25) is 0 Å². The summed E-state index contributed by atoms with van der Waals surface area (Å²) in [4.78, 5) is 8.47. The third-order valence-corrected chi connectivity index (χ3v) is 3.25. The normalized spacial score (nSPS) is 12.4. The molecule has 0 aliphatic carbocycles. The number of hydrogen-bond donors (Lipinski definition) is 0. The van der Waals surface area contributed by atoms with Crippen molar-refractivity contribution in [3.05, 3.63) is 72.6 Å². The van der Waals surface area contributed by atoms with Gasteiger partial charge < -0.3 is 9.84 Å². The second-order valence-corrected chi connectivity index (χ2v) is 4.84. The molecule has 0 unspecified atom stereocenters. The van der Waals surface area contributed by atoms with Crippen molar-refractivity contribution in [2.45, 2.75) is 6.92 Å². The Bertz CT molecular complexity index is 886. The molecule has 0 aliphatic rings. The van der Waals surface area contributed by atoms with Crippen LogP contribution in [0.4, 0.5) is 5.69 Å². The van der Waals surface area contributed by atoms with E-state index in [2.05, 4.69) is 20.2 Å². The lowest BCUT2D eigenvalue weighted by atomic mass is 10.2. The number of para-hydroxylation sites is 1. The van der Waals surface area contributed by atoms with Gasteiger partial charge in [0, 0.05) is 17.8 Å². The minimum absolute atomic E-state index is 0.0605. The van der Waals surface area contributed by atoms with Crippen LogP contribution in [0.1, 0.15) is 12.6 Å². The lowest BCUT2D eigenvalue weighted by molar-refractivity contribution is -0.355. The second-order valence-electron chi connectivity index (χ2n) is 4.84. The van der Waals surface area contributed by atoms with E-state index in [4.69, 9.17) is 4.74 Å². The number of nitrogens with zero attached hydrogens (tertiary/aromatic N) is 4. The summed E-state index contributed by atoms with van der Waals surface area (Å²) >= 11 is 0. The fourth-order valence-corrected chi connectivity index (χ4v) is 2.17. The standard InChI is InChI=1S/C18H16N4O2/c1-2-24-18(23)17(14-9-3-4-11-19-14)22-21-15-10-5-7-13-8-6-12-20-16(13)15/h3-12,23H,2H2,1H3/p-1. The highest BCUT2D eigenvalue weighted by atomic mass is 16.6. The van der Waals surface area contributed by atoms with Crippen LogP contribution in [0.15, 0.2) is 77.1 Å². The van der Waals surface area contributed by atoms with Gasteiger partial charge in [-0.15, -0.1) is 10.2 Å². The smallest absolute Gasteiger partial charge is 0.133 e. The number of azo groups is 1. The first kappa shape index (κ1) is 15.6. The zero-order valence-electron chi connectivity index (χ0n) is 13.1. The molecule has 0 saturated carbocycles. The molecule has 120 valence electrons. The Morgan fingerprint density at radius 2 is 1.88 bits per heavy atom. The van der Waals surface area contributed by atoms with Crippen LogP contribution in [-0.4, -0.2) is 16.6 Å². The number of aromatic nitrogens is 2. The zero-order chi connectivity index (χ0) is 16.8. The van der Waals surface area contributed by atoms with Gasteiger partial charge in [-0.3, -0.25) is 9.97 Å². The van der Waals surface area contributed by atoms with Crippen molar-refractivity contribution in [2.75, 3.05) is 6.61 Å². The van der Waals surface area contributed by atoms with Gasteiger partial charge in [-0.25, -0.2) is 0 Å². The average molecular weight is 319 g/mol.